The molecule has 168 valence electrons. The third kappa shape index (κ3) is 4.58. The Kier molecular flexibility index (Phi) is 6.27. The molecule has 3 heterocycles. The molecule has 0 aliphatic carbocycles. The van der Waals surface area contributed by atoms with Crippen LogP contribution < -0.4 is 14.8 Å². The van der Waals surface area contributed by atoms with E-state index in [1.165, 1.54) is 15.6 Å². The number of sulfonamides is 1. The quantitative estimate of drug-likeness (QED) is 0.703. The number of amides is 1. The molecule has 0 radical (unpaired) electrons. The lowest BCUT2D eigenvalue weighted by molar-refractivity contribution is -0.120. The van der Waals surface area contributed by atoms with Crippen molar-refractivity contribution in [2.24, 2.45) is 5.92 Å². The van der Waals surface area contributed by atoms with Gasteiger partial charge in [0.05, 0.1) is 18.2 Å². The lowest BCUT2D eigenvalue weighted by Crippen LogP contribution is -2.43. The molecule has 4 rings (SSSR count). The fourth-order valence-electron chi connectivity index (χ4n) is 4.10. The van der Waals surface area contributed by atoms with Gasteiger partial charge < -0.3 is 14.8 Å². The molecular formula is C22H28N2O5S2. The smallest absolute Gasteiger partial charge is 0.252 e. The number of hydrogen-bond donors (Lipinski definition) is 1. The average Bonchev–Trinajstić information content (AvgIpc) is 3.33. The Morgan fingerprint density at radius 3 is 2.87 bits per heavy atom. The van der Waals surface area contributed by atoms with Crippen molar-refractivity contribution in [1.82, 2.24) is 4.31 Å². The first-order chi connectivity index (χ1) is 14.8. The fraction of sp³-hybridized carbons (Fsp3) is 0.500. The summed E-state index contributed by atoms with van der Waals surface area (Å²) in [6.45, 7) is 6.87. The molecule has 1 amide bonds. The lowest BCUT2D eigenvalue weighted by Gasteiger charge is -2.31. The topological polar surface area (TPSA) is 84.9 Å². The second-order valence-corrected chi connectivity index (χ2v) is 11.5. The van der Waals surface area contributed by atoms with Crippen molar-refractivity contribution in [2.45, 2.75) is 50.3 Å². The van der Waals surface area contributed by atoms with Gasteiger partial charge in [-0.1, -0.05) is 0 Å². The minimum absolute atomic E-state index is 0.0911. The van der Waals surface area contributed by atoms with Crippen LogP contribution in [0.1, 0.15) is 37.1 Å². The first-order valence-electron chi connectivity index (χ1n) is 10.6. The van der Waals surface area contributed by atoms with Crippen molar-refractivity contribution < 1.29 is 22.7 Å². The maximum absolute atomic E-state index is 13.1. The zero-order valence-corrected chi connectivity index (χ0v) is 19.6. The summed E-state index contributed by atoms with van der Waals surface area (Å²) in [6, 6.07) is 7.18. The highest BCUT2D eigenvalue weighted by atomic mass is 32.2. The van der Waals surface area contributed by atoms with E-state index in [-0.39, 0.29) is 18.6 Å². The van der Waals surface area contributed by atoms with Crippen molar-refractivity contribution in [1.29, 1.82) is 0 Å². The van der Waals surface area contributed by atoms with Gasteiger partial charge in [-0.25, -0.2) is 8.42 Å². The van der Waals surface area contributed by atoms with Crippen LogP contribution in [0.4, 0.5) is 5.69 Å². The summed E-state index contributed by atoms with van der Waals surface area (Å²) in [6.07, 6.45) is 2.18. The minimum atomic E-state index is -3.58. The van der Waals surface area contributed by atoms with Gasteiger partial charge in [-0.05, 0) is 51.8 Å². The Hall–Kier alpha value is -2.10. The number of nitrogens with one attached hydrogen (secondary N) is 1. The summed E-state index contributed by atoms with van der Waals surface area (Å²) in [5.41, 5.74) is 1.63. The molecular weight excluding hydrogens is 436 g/mol. The van der Waals surface area contributed by atoms with E-state index in [9.17, 15) is 13.2 Å². The molecule has 1 N–H and O–H groups in total. The Bertz CT molecular complexity index is 1080. The van der Waals surface area contributed by atoms with Crippen molar-refractivity contribution in [3.8, 4) is 11.5 Å². The molecule has 31 heavy (non-hydrogen) atoms. The third-order valence-corrected chi connectivity index (χ3v) is 8.95. The molecule has 1 aromatic heterocycles. The molecule has 2 atom stereocenters. The molecule has 1 saturated heterocycles. The highest BCUT2D eigenvalue weighted by Crippen LogP contribution is 2.38. The largest absolute Gasteiger partial charge is 0.492 e. The summed E-state index contributed by atoms with van der Waals surface area (Å²) in [5.74, 6) is 0.746. The molecule has 9 heteroatoms. The standard InChI is InChI=1S/C22H28N2O5S2/c1-4-28-20-11-17-10-14(2)29-19(17)12-18(20)23-22(25)16-6-5-9-24(13-16)31(26,27)21-8-7-15(3)30-21/h7-8,11-12,14,16H,4-6,9-10,13H2,1-3H3,(H,23,25)/t14-,16-/m0/s1. The summed E-state index contributed by atoms with van der Waals surface area (Å²) in [4.78, 5) is 14.0. The van der Waals surface area contributed by atoms with Crippen LogP contribution in [-0.4, -0.2) is 44.4 Å². The van der Waals surface area contributed by atoms with Gasteiger partial charge in [0.15, 0.2) is 0 Å². The zero-order chi connectivity index (χ0) is 22.2. The normalized spacial score (nSPS) is 21.4. The van der Waals surface area contributed by atoms with E-state index in [1.807, 2.05) is 32.9 Å². The first-order valence-corrected chi connectivity index (χ1v) is 12.9. The molecule has 2 aliphatic rings. The number of ether oxygens (including phenoxy) is 2. The maximum Gasteiger partial charge on any atom is 0.252 e. The predicted octanol–water partition coefficient (Wildman–Crippen LogP) is 3.82. The van der Waals surface area contributed by atoms with Gasteiger partial charge in [0, 0.05) is 36.0 Å². The van der Waals surface area contributed by atoms with Crippen LogP contribution in [0, 0.1) is 12.8 Å². The second kappa shape index (κ2) is 8.80. The lowest BCUT2D eigenvalue weighted by atomic mass is 9.98. The summed E-state index contributed by atoms with van der Waals surface area (Å²) in [7, 11) is -3.58. The highest BCUT2D eigenvalue weighted by Gasteiger charge is 2.34. The van der Waals surface area contributed by atoms with Crippen LogP contribution in [-0.2, 0) is 21.2 Å². The fourth-order valence-corrected chi connectivity index (χ4v) is 7.06. The Balaban J connectivity index is 1.51. The second-order valence-electron chi connectivity index (χ2n) is 8.08. The number of hydrogen-bond acceptors (Lipinski definition) is 6. The minimum Gasteiger partial charge on any atom is -0.492 e. The molecule has 7 nitrogen and oxygen atoms in total. The predicted molar refractivity (Wildman–Crippen MR) is 121 cm³/mol. The van der Waals surface area contributed by atoms with E-state index in [2.05, 4.69) is 5.32 Å². The number of thiophene rings is 1. The summed E-state index contributed by atoms with van der Waals surface area (Å²) >= 11 is 1.26. The van der Waals surface area contributed by atoms with Gasteiger partial charge >= 0.3 is 0 Å². The van der Waals surface area contributed by atoms with E-state index in [1.54, 1.807) is 12.1 Å². The number of anilines is 1. The maximum atomic E-state index is 13.1. The van der Waals surface area contributed by atoms with Crippen molar-refractivity contribution >= 4 is 33.0 Å². The van der Waals surface area contributed by atoms with E-state index in [4.69, 9.17) is 9.47 Å². The summed E-state index contributed by atoms with van der Waals surface area (Å²) in [5, 5.41) is 2.96. The molecule has 2 aromatic rings. The van der Waals surface area contributed by atoms with Gasteiger partial charge in [-0.15, -0.1) is 11.3 Å². The molecule has 1 aromatic carbocycles. The van der Waals surface area contributed by atoms with Crippen LogP contribution in [0.5, 0.6) is 11.5 Å². The van der Waals surface area contributed by atoms with E-state index in [0.29, 0.717) is 41.6 Å². The van der Waals surface area contributed by atoms with Crippen molar-refractivity contribution in [3.63, 3.8) is 0 Å². The number of carbonyl (C=O) groups is 1. The van der Waals surface area contributed by atoms with Crippen molar-refractivity contribution in [3.05, 3.63) is 34.7 Å². The molecule has 0 saturated carbocycles. The van der Waals surface area contributed by atoms with Gasteiger partial charge in [0.1, 0.15) is 21.8 Å². The molecule has 2 aliphatic heterocycles. The zero-order valence-electron chi connectivity index (χ0n) is 18.0. The molecule has 0 unspecified atom stereocenters. The number of aryl methyl sites for hydroxylation is 1. The van der Waals surface area contributed by atoms with E-state index < -0.39 is 15.9 Å². The van der Waals surface area contributed by atoms with Crippen LogP contribution in [0.3, 0.4) is 0 Å². The van der Waals surface area contributed by atoms with Crippen LogP contribution in [0.15, 0.2) is 28.5 Å². The van der Waals surface area contributed by atoms with E-state index >= 15 is 0 Å². The molecule has 0 spiro atoms. The van der Waals surface area contributed by atoms with Gasteiger partial charge in [-0.2, -0.15) is 4.31 Å². The Morgan fingerprint density at radius 1 is 1.35 bits per heavy atom. The number of rotatable bonds is 6. The number of nitrogens with zero attached hydrogens (tertiary/aromatic N) is 1. The highest BCUT2D eigenvalue weighted by molar-refractivity contribution is 7.91. The first kappa shape index (κ1) is 22.1. The average molecular weight is 465 g/mol. The van der Waals surface area contributed by atoms with E-state index in [0.717, 1.165) is 22.6 Å². The van der Waals surface area contributed by atoms with Gasteiger partial charge in [0.2, 0.25) is 5.91 Å². The van der Waals surface area contributed by atoms with Gasteiger partial charge in [-0.3, -0.25) is 4.79 Å². The third-order valence-electron chi connectivity index (χ3n) is 5.62. The van der Waals surface area contributed by atoms with Crippen molar-refractivity contribution in [2.75, 3.05) is 25.0 Å². The summed E-state index contributed by atoms with van der Waals surface area (Å²) < 4.78 is 39.3. The number of carbonyl (C=O) groups excluding carboxylic acids is 1. The SMILES string of the molecule is CCOc1cc2c(cc1NC(=O)[C@H]1CCCN(S(=O)(=O)c3ccc(C)s3)C1)O[C@@H](C)C2. The number of fused-ring (bicyclic) bond motifs is 1. The van der Waals surface area contributed by atoms with Crippen LogP contribution >= 0.6 is 11.3 Å². The molecule has 0 bridgehead atoms. The Morgan fingerprint density at radius 2 is 2.16 bits per heavy atom. The number of piperidine rings is 1. The monoisotopic (exact) mass is 464 g/mol. The van der Waals surface area contributed by atoms with Crippen LogP contribution in [0.25, 0.3) is 0 Å². The van der Waals surface area contributed by atoms with Crippen LogP contribution in [0.2, 0.25) is 0 Å². The molecule has 1 fully saturated rings. The Labute approximate surface area is 187 Å². The number of benzene rings is 1. The van der Waals surface area contributed by atoms with Gasteiger partial charge in [0.25, 0.3) is 10.0 Å².